The van der Waals surface area contributed by atoms with Gasteiger partial charge < -0.3 is 9.13 Å². The second-order valence-electron chi connectivity index (χ2n) is 10.3. The minimum absolute atomic E-state index is 0.912. The van der Waals surface area contributed by atoms with Gasteiger partial charge in [0, 0.05) is 23.0 Å². The van der Waals surface area contributed by atoms with Gasteiger partial charge in [0.1, 0.15) is 11.0 Å². The van der Waals surface area contributed by atoms with Crippen molar-refractivity contribution in [3.63, 3.8) is 0 Å². The molecule has 0 aliphatic rings. The number of fused-ring (bicyclic) bond motifs is 8. The van der Waals surface area contributed by atoms with Gasteiger partial charge >= 0.3 is 0 Å². The maximum atomic E-state index is 5.35. The molecule has 9 rings (SSSR count). The van der Waals surface area contributed by atoms with Gasteiger partial charge in [0.2, 0.25) is 0 Å². The van der Waals surface area contributed by atoms with Crippen LogP contribution < -0.4 is 0 Å². The summed E-state index contributed by atoms with van der Waals surface area (Å²) < 4.78 is 4.65. The fourth-order valence-corrected chi connectivity index (χ4v) is 6.28. The summed E-state index contributed by atoms with van der Waals surface area (Å²) in [4.78, 5) is 10.2. The predicted octanol–water partition coefficient (Wildman–Crippen LogP) is 8.98. The zero-order chi connectivity index (χ0) is 26.2. The van der Waals surface area contributed by atoms with E-state index in [1.165, 1.54) is 21.5 Å². The molecule has 0 atom stereocenters. The van der Waals surface area contributed by atoms with Crippen molar-refractivity contribution < 1.29 is 0 Å². The molecule has 4 heterocycles. The van der Waals surface area contributed by atoms with Crippen molar-refractivity contribution in [2.24, 2.45) is 0 Å². The molecule has 40 heavy (non-hydrogen) atoms. The average Bonchev–Trinajstić information content (AvgIpc) is 3.51. The molecule has 0 aliphatic heterocycles. The maximum absolute atomic E-state index is 5.35. The molecule has 0 radical (unpaired) electrons. The standard InChI is InChI=1S/C36H22N4/c1-3-10-25-20-27(17-15-23(25)8-1)39-30-13-6-5-12-29(30)34-32(39)22-33-36(38-34)35-31(14-7-19-37-35)40(33)28-18-16-24-9-2-4-11-26(24)21-28/h1-22H. The number of aromatic nitrogens is 4. The van der Waals surface area contributed by atoms with Crippen molar-refractivity contribution in [1.29, 1.82) is 0 Å². The highest BCUT2D eigenvalue weighted by Crippen LogP contribution is 2.37. The molecule has 4 heteroatoms. The van der Waals surface area contributed by atoms with E-state index in [0.29, 0.717) is 0 Å². The van der Waals surface area contributed by atoms with Gasteiger partial charge in [-0.05, 0) is 70.1 Å². The SMILES string of the molecule is c1ccc2cc(-n3c4ccccc4c4nc5c6ncccc6n(-c6ccc7ccccc7c6)c5cc43)ccc2c1. The number of hydrogen-bond donors (Lipinski definition) is 0. The van der Waals surface area contributed by atoms with Crippen LogP contribution in [-0.2, 0) is 0 Å². The predicted molar refractivity (Wildman–Crippen MR) is 166 cm³/mol. The second-order valence-corrected chi connectivity index (χ2v) is 10.3. The lowest BCUT2D eigenvalue weighted by atomic mass is 10.1. The van der Waals surface area contributed by atoms with Crippen LogP contribution in [0.2, 0.25) is 0 Å². The molecule has 0 aliphatic carbocycles. The Kier molecular flexibility index (Phi) is 4.30. The highest BCUT2D eigenvalue weighted by atomic mass is 15.0. The molecule has 0 N–H and O–H groups in total. The Bertz CT molecular complexity index is 2280. The molecule has 0 saturated heterocycles. The van der Waals surface area contributed by atoms with Crippen molar-refractivity contribution in [1.82, 2.24) is 19.1 Å². The van der Waals surface area contributed by atoms with Gasteiger partial charge in [0.15, 0.2) is 0 Å². The lowest BCUT2D eigenvalue weighted by Crippen LogP contribution is -1.96. The van der Waals surface area contributed by atoms with Gasteiger partial charge in [0.25, 0.3) is 0 Å². The Morgan fingerprint density at radius 3 is 1.70 bits per heavy atom. The normalized spacial score (nSPS) is 12.0. The van der Waals surface area contributed by atoms with E-state index in [9.17, 15) is 0 Å². The summed E-state index contributed by atoms with van der Waals surface area (Å²) in [6.07, 6.45) is 1.86. The number of hydrogen-bond acceptors (Lipinski definition) is 2. The minimum Gasteiger partial charge on any atom is -0.308 e. The summed E-state index contributed by atoms with van der Waals surface area (Å²) in [5, 5.41) is 6.01. The molecule has 9 aromatic rings. The van der Waals surface area contributed by atoms with E-state index >= 15 is 0 Å². The average molecular weight is 511 g/mol. The van der Waals surface area contributed by atoms with Gasteiger partial charge in [-0.2, -0.15) is 0 Å². The largest absolute Gasteiger partial charge is 0.308 e. The van der Waals surface area contributed by atoms with Gasteiger partial charge in [-0.15, -0.1) is 0 Å². The smallest absolute Gasteiger partial charge is 0.116 e. The molecule has 0 fully saturated rings. The van der Waals surface area contributed by atoms with Crippen LogP contribution in [0.15, 0.2) is 134 Å². The molecule has 0 unspecified atom stereocenters. The lowest BCUT2D eigenvalue weighted by Gasteiger charge is -2.11. The quantitative estimate of drug-likeness (QED) is 0.233. The van der Waals surface area contributed by atoms with Crippen LogP contribution >= 0.6 is 0 Å². The third-order valence-electron chi connectivity index (χ3n) is 8.10. The maximum Gasteiger partial charge on any atom is 0.116 e. The lowest BCUT2D eigenvalue weighted by molar-refractivity contribution is 1.16. The highest BCUT2D eigenvalue weighted by Gasteiger charge is 2.20. The Balaban J connectivity index is 1.43. The Morgan fingerprint density at radius 2 is 0.975 bits per heavy atom. The molecule has 0 spiro atoms. The first kappa shape index (κ1) is 21.5. The number of pyridine rings is 2. The number of para-hydroxylation sites is 1. The van der Waals surface area contributed by atoms with E-state index in [2.05, 4.69) is 130 Å². The van der Waals surface area contributed by atoms with Gasteiger partial charge in [-0.3, -0.25) is 4.98 Å². The highest BCUT2D eigenvalue weighted by molar-refractivity contribution is 6.14. The number of benzene rings is 5. The molecule has 4 nitrogen and oxygen atoms in total. The third kappa shape index (κ3) is 2.96. The summed E-state index contributed by atoms with van der Waals surface area (Å²) in [5.74, 6) is 0. The molecule has 0 saturated carbocycles. The van der Waals surface area contributed by atoms with E-state index in [1.807, 2.05) is 12.3 Å². The van der Waals surface area contributed by atoms with E-state index in [4.69, 9.17) is 9.97 Å². The molecular weight excluding hydrogens is 488 g/mol. The van der Waals surface area contributed by atoms with Crippen molar-refractivity contribution in [2.45, 2.75) is 0 Å². The topological polar surface area (TPSA) is 35.6 Å². The molecule has 186 valence electrons. The molecular formula is C36H22N4. The number of rotatable bonds is 2. The van der Waals surface area contributed by atoms with Crippen molar-refractivity contribution in [3.8, 4) is 11.4 Å². The van der Waals surface area contributed by atoms with Crippen LogP contribution in [0.3, 0.4) is 0 Å². The van der Waals surface area contributed by atoms with Crippen molar-refractivity contribution in [2.75, 3.05) is 0 Å². The monoisotopic (exact) mass is 510 g/mol. The second kappa shape index (κ2) is 8.01. The van der Waals surface area contributed by atoms with Crippen molar-refractivity contribution in [3.05, 3.63) is 134 Å². The van der Waals surface area contributed by atoms with E-state index in [-0.39, 0.29) is 0 Å². The summed E-state index contributed by atoms with van der Waals surface area (Å²) in [5.41, 5.74) is 9.35. The van der Waals surface area contributed by atoms with Gasteiger partial charge in [-0.1, -0.05) is 78.9 Å². The summed E-state index contributed by atoms with van der Waals surface area (Å²) in [7, 11) is 0. The first-order valence-corrected chi connectivity index (χ1v) is 13.5. The van der Waals surface area contributed by atoms with Crippen LogP contribution in [0.5, 0.6) is 0 Å². The Hall–Kier alpha value is -5.48. The zero-order valence-corrected chi connectivity index (χ0v) is 21.5. The first-order valence-electron chi connectivity index (χ1n) is 13.5. The van der Waals surface area contributed by atoms with Crippen LogP contribution in [0.4, 0.5) is 0 Å². The summed E-state index contributed by atoms with van der Waals surface area (Å²) >= 11 is 0. The van der Waals surface area contributed by atoms with Crippen molar-refractivity contribution >= 4 is 65.5 Å². The van der Waals surface area contributed by atoms with Crippen LogP contribution in [0.25, 0.3) is 76.9 Å². The van der Waals surface area contributed by atoms with E-state index in [0.717, 1.165) is 55.4 Å². The van der Waals surface area contributed by atoms with Crippen LogP contribution in [-0.4, -0.2) is 19.1 Å². The van der Waals surface area contributed by atoms with Crippen LogP contribution in [0, 0.1) is 0 Å². The fraction of sp³-hybridized carbons (Fsp3) is 0. The van der Waals surface area contributed by atoms with E-state index < -0.39 is 0 Å². The molecule has 4 aromatic heterocycles. The Morgan fingerprint density at radius 1 is 0.400 bits per heavy atom. The third-order valence-corrected chi connectivity index (χ3v) is 8.10. The summed E-state index contributed by atoms with van der Waals surface area (Å²) in [6.45, 7) is 0. The van der Waals surface area contributed by atoms with Crippen LogP contribution in [0.1, 0.15) is 0 Å². The fourth-order valence-electron chi connectivity index (χ4n) is 6.28. The molecule has 0 amide bonds. The minimum atomic E-state index is 0.912. The molecule has 0 bridgehead atoms. The van der Waals surface area contributed by atoms with E-state index in [1.54, 1.807) is 0 Å². The Labute approximate surface area is 229 Å². The number of nitrogens with zero attached hydrogens (tertiary/aromatic N) is 4. The van der Waals surface area contributed by atoms with Gasteiger partial charge in [0.05, 0.1) is 27.6 Å². The first-order chi connectivity index (χ1) is 19.8. The summed E-state index contributed by atoms with van der Waals surface area (Å²) in [6, 6.07) is 45.3. The zero-order valence-electron chi connectivity index (χ0n) is 21.5. The molecule has 5 aromatic carbocycles. The van der Waals surface area contributed by atoms with Gasteiger partial charge in [-0.25, -0.2) is 4.98 Å².